The number of aromatic hydroxyl groups is 1. The van der Waals surface area contributed by atoms with E-state index in [0.29, 0.717) is 5.56 Å². The van der Waals surface area contributed by atoms with Gasteiger partial charge in [-0.2, -0.15) is 11.8 Å². The van der Waals surface area contributed by atoms with Gasteiger partial charge in [0.05, 0.1) is 5.56 Å². The van der Waals surface area contributed by atoms with E-state index in [1.165, 1.54) is 0 Å². The van der Waals surface area contributed by atoms with Crippen molar-refractivity contribution < 1.29 is 9.90 Å². The number of hydrogen-bond acceptors (Lipinski definition) is 3. The summed E-state index contributed by atoms with van der Waals surface area (Å²) < 4.78 is 0.943. The Morgan fingerprint density at radius 2 is 2.22 bits per heavy atom. The standard InChI is InChI=1S/C13H18INO2S/c1-9(6-7-18-3)15(2)13(17)11-8-10(14)4-5-12(11)16/h4-5,8-9,16H,6-7H2,1-3H3. The van der Waals surface area contributed by atoms with Crippen LogP contribution in [0.15, 0.2) is 18.2 Å². The van der Waals surface area contributed by atoms with Gasteiger partial charge in [0, 0.05) is 16.7 Å². The molecule has 0 aliphatic heterocycles. The molecule has 0 saturated heterocycles. The summed E-state index contributed by atoms with van der Waals surface area (Å²) in [5.41, 5.74) is 0.375. The Balaban J connectivity index is 2.82. The lowest BCUT2D eigenvalue weighted by Crippen LogP contribution is -2.35. The van der Waals surface area contributed by atoms with E-state index in [4.69, 9.17) is 0 Å². The fourth-order valence-corrected chi connectivity index (χ4v) is 2.62. The van der Waals surface area contributed by atoms with E-state index in [-0.39, 0.29) is 17.7 Å². The summed E-state index contributed by atoms with van der Waals surface area (Å²) in [4.78, 5) is 14.0. The Hall–Kier alpha value is -0.430. The second kappa shape index (κ2) is 7.23. The molecule has 0 saturated carbocycles. The number of benzene rings is 1. The quantitative estimate of drug-likeness (QED) is 0.799. The fourth-order valence-electron chi connectivity index (χ4n) is 1.55. The number of hydrogen-bond donors (Lipinski definition) is 1. The van der Waals surface area contributed by atoms with Gasteiger partial charge in [0.15, 0.2) is 0 Å². The summed E-state index contributed by atoms with van der Waals surface area (Å²) in [5.74, 6) is 0.945. The molecule has 1 unspecified atom stereocenters. The number of nitrogens with zero attached hydrogens (tertiary/aromatic N) is 1. The first-order valence-corrected chi connectivity index (χ1v) is 8.19. The van der Waals surface area contributed by atoms with Gasteiger partial charge in [-0.05, 0) is 66.1 Å². The molecule has 0 fully saturated rings. The van der Waals surface area contributed by atoms with Gasteiger partial charge in [-0.1, -0.05) is 0 Å². The normalized spacial score (nSPS) is 12.2. The molecule has 0 aliphatic carbocycles. The molecule has 18 heavy (non-hydrogen) atoms. The predicted molar refractivity (Wildman–Crippen MR) is 85.4 cm³/mol. The zero-order chi connectivity index (χ0) is 13.7. The molecule has 0 aliphatic rings. The summed E-state index contributed by atoms with van der Waals surface area (Å²) in [6.45, 7) is 2.03. The van der Waals surface area contributed by atoms with Crippen molar-refractivity contribution in [1.29, 1.82) is 0 Å². The first-order chi connectivity index (χ1) is 8.47. The van der Waals surface area contributed by atoms with E-state index in [2.05, 4.69) is 28.8 Å². The van der Waals surface area contributed by atoms with Crippen LogP contribution >= 0.6 is 34.4 Å². The minimum atomic E-state index is -0.125. The van der Waals surface area contributed by atoms with Crippen LogP contribution in [0.3, 0.4) is 0 Å². The highest BCUT2D eigenvalue weighted by atomic mass is 127. The summed E-state index contributed by atoms with van der Waals surface area (Å²) in [6.07, 6.45) is 3.01. The Morgan fingerprint density at radius 1 is 1.56 bits per heavy atom. The molecule has 0 spiro atoms. The molecule has 0 bridgehead atoms. The molecular weight excluding hydrogens is 361 g/mol. The van der Waals surface area contributed by atoms with E-state index in [9.17, 15) is 9.90 Å². The minimum Gasteiger partial charge on any atom is -0.507 e. The number of carbonyl (C=O) groups is 1. The number of carbonyl (C=O) groups excluding carboxylic acids is 1. The maximum absolute atomic E-state index is 12.3. The lowest BCUT2D eigenvalue weighted by atomic mass is 10.1. The van der Waals surface area contributed by atoms with Crippen molar-refractivity contribution in [1.82, 2.24) is 4.90 Å². The average molecular weight is 379 g/mol. The SMILES string of the molecule is CSCCC(C)N(C)C(=O)c1cc(I)ccc1O. The van der Waals surface area contributed by atoms with E-state index in [0.717, 1.165) is 15.7 Å². The van der Waals surface area contributed by atoms with Crippen LogP contribution in [0.25, 0.3) is 0 Å². The van der Waals surface area contributed by atoms with Crippen LogP contribution < -0.4 is 0 Å². The molecule has 1 amide bonds. The van der Waals surface area contributed by atoms with Gasteiger partial charge in [-0.15, -0.1) is 0 Å². The highest BCUT2D eigenvalue weighted by molar-refractivity contribution is 14.1. The largest absolute Gasteiger partial charge is 0.507 e. The van der Waals surface area contributed by atoms with Crippen LogP contribution in [-0.2, 0) is 0 Å². The summed E-state index contributed by atoms with van der Waals surface area (Å²) >= 11 is 3.91. The first kappa shape index (κ1) is 15.6. The van der Waals surface area contributed by atoms with Gasteiger partial charge in [0.25, 0.3) is 5.91 Å². The Labute approximate surface area is 126 Å². The maximum Gasteiger partial charge on any atom is 0.257 e. The monoisotopic (exact) mass is 379 g/mol. The molecule has 1 atom stereocenters. The van der Waals surface area contributed by atoms with Gasteiger partial charge in [0.2, 0.25) is 0 Å². The molecule has 0 heterocycles. The number of rotatable bonds is 5. The van der Waals surface area contributed by atoms with Crippen LogP contribution in [0.2, 0.25) is 0 Å². The van der Waals surface area contributed by atoms with Gasteiger partial charge < -0.3 is 10.0 Å². The van der Waals surface area contributed by atoms with Crippen molar-refractivity contribution in [3.05, 3.63) is 27.3 Å². The summed E-state index contributed by atoms with van der Waals surface area (Å²) in [6, 6.07) is 5.23. The van der Waals surface area contributed by atoms with E-state index < -0.39 is 0 Å². The Morgan fingerprint density at radius 3 is 2.83 bits per heavy atom. The Kier molecular flexibility index (Phi) is 6.28. The van der Waals surface area contributed by atoms with Crippen molar-refractivity contribution in [3.8, 4) is 5.75 Å². The van der Waals surface area contributed by atoms with Crippen LogP contribution in [0.5, 0.6) is 5.75 Å². The minimum absolute atomic E-state index is 0.0457. The van der Waals surface area contributed by atoms with Crippen LogP contribution in [0.4, 0.5) is 0 Å². The highest BCUT2D eigenvalue weighted by Crippen LogP contribution is 2.22. The van der Waals surface area contributed by atoms with Crippen molar-refractivity contribution in [3.63, 3.8) is 0 Å². The number of thioether (sulfide) groups is 1. The predicted octanol–water partition coefficient (Wildman–Crippen LogP) is 3.21. The van der Waals surface area contributed by atoms with Crippen molar-refractivity contribution >= 4 is 40.3 Å². The molecular formula is C13H18INO2S. The zero-order valence-electron chi connectivity index (χ0n) is 10.8. The second-order valence-electron chi connectivity index (χ2n) is 4.21. The number of phenols is 1. The van der Waals surface area contributed by atoms with Crippen LogP contribution in [0, 0.1) is 3.57 Å². The third-order valence-electron chi connectivity index (χ3n) is 2.91. The second-order valence-corrected chi connectivity index (χ2v) is 6.44. The topological polar surface area (TPSA) is 40.5 Å². The number of phenolic OH excluding ortho intramolecular Hbond substituents is 1. The molecule has 5 heteroatoms. The van der Waals surface area contributed by atoms with Gasteiger partial charge in [-0.3, -0.25) is 4.79 Å². The number of halogens is 1. The molecule has 0 aromatic heterocycles. The molecule has 1 rings (SSSR count). The van der Waals surface area contributed by atoms with Crippen molar-refractivity contribution in [2.75, 3.05) is 19.1 Å². The van der Waals surface area contributed by atoms with Crippen LogP contribution in [0.1, 0.15) is 23.7 Å². The molecule has 1 N–H and O–H groups in total. The lowest BCUT2D eigenvalue weighted by molar-refractivity contribution is 0.0738. The zero-order valence-corrected chi connectivity index (χ0v) is 13.8. The summed E-state index contributed by atoms with van der Waals surface area (Å²) in [5, 5.41) is 9.76. The molecule has 1 aromatic rings. The van der Waals surface area contributed by atoms with Gasteiger partial charge >= 0.3 is 0 Å². The van der Waals surface area contributed by atoms with E-state index in [1.54, 1.807) is 41.9 Å². The van der Waals surface area contributed by atoms with Crippen LogP contribution in [-0.4, -0.2) is 41.0 Å². The smallest absolute Gasteiger partial charge is 0.257 e. The highest BCUT2D eigenvalue weighted by Gasteiger charge is 2.20. The molecule has 100 valence electrons. The molecule has 1 aromatic carbocycles. The Bertz CT molecular complexity index is 425. The average Bonchev–Trinajstić information content (AvgIpc) is 2.37. The first-order valence-electron chi connectivity index (χ1n) is 5.72. The third kappa shape index (κ3) is 4.05. The van der Waals surface area contributed by atoms with Gasteiger partial charge in [0.1, 0.15) is 5.75 Å². The fraction of sp³-hybridized carbons (Fsp3) is 0.462. The third-order valence-corrected chi connectivity index (χ3v) is 4.23. The van der Waals surface area contributed by atoms with Crippen molar-refractivity contribution in [2.45, 2.75) is 19.4 Å². The number of amides is 1. The van der Waals surface area contributed by atoms with E-state index in [1.807, 2.05) is 6.92 Å². The molecule has 0 radical (unpaired) electrons. The summed E-state index contributed by atoms with van der Waals surface area (Å²) in [7, 11) is 1.78. The lowest BCUT2D eigenvalue weighted by Gasteiger charge is -2.25. The van der Waals surface area contributed by atoms with Crippen molar-refractivity contribution in [2.24, 2.45) is 0 Å². The molecule has 3 nitrogen and oxygen atoms in total. The maximum atomic E-state index is 12.3. The van der Waals surface area contributed by atoms with E-state index >= 15 is 0 Å². The van der Waals surface area contributed by atoms with Gasteiger partial charge in [-0.25, -0.2) is 0 Å².